The highest BCUT2D eigenvalue weighted by Gasteiger charge is 2.34. The molecule has 0 aromatic heterocycles. The normalized spacial score (nSPS) is 21.7. The Balaban J connectivity index is 1.23. The Bertz CT molecular complexity index is 883. The van der Waals surface area contributed by atoms with E-state index in [9.17, 15) is 4.79 Å². The van der Waals surface area contributed by atoms with Gasteiger partial charge in [0, 0.05) is 31.7 Å². The number of ether oxygens (including phenoxy) is 2. The molecule has 166 valence electrons. The first-order valence-electron chi connectivity index (χ1n) is 11.0. The Morgan fingerprint density at radius 2 is 1.74 bits per heavy atom. The van der Waals surface area contributed by atoms with Gasteiger partial charge in [-0.3, -0.25) is 10.9 Å². The lowest BCUT2D eigenvalue weighted by Crippen LogP contribution is -2.47. The highest BCUT2D eigenvalue weighted by atomic mass is 16.5. The minimum Gasteiger partial charge on any atom is -0.497 e. The van der Waals surface area contributed by atoms with Gasteiger partial charge in [-0.05, 0) is 60.6 Å². The molecule has 2 heterocycles. The second-order valence-electron chi connectivity index (χ2n) is 8.29. The number of hydrazine groups is 1. The number of likely N-dealkylation sites (tertiary alicyclic amines) is 1. The summed E-state index contributed by atoms with van der Waals surface area (Å²) < 4.78 is 10.6. The fourth-order valence-electron chi connectivity index (χ4n) is 4.54. The third-order valence-electron chi connectivity index (χ3n) is 6.40. The van der Waals surface area contributed by atoms with Crippen molar-refractivity contribution >= 4 is 6.03 Å². The summed E-state index contributed by atoms with van der Waals surface area (Å²) in [6.45, 7) is 2.08. The van der Waals surface area contributed by atoms with Crippen LogP contribution in [0.25, 0.3) is 0 Å². The SMILES string of the molecule is COc1cccc(CNC(=O)N2CCC(C3CC(c4cccc(OC)c4)NN3)CC2)c1. The molecule has 0 radical (unpaired) electrons. The first-order valence-corrected chi connectivity index (χ1v) is 11.0. The number of urea groups is 1. The highest BCUT2D eigenvalue weighted by Crippen LogP contribution is 2.31. The van der Waals surface area contributed by atoms with Crippen molar-refractivity contribution in [2.75, 3.05) is 27.3 Å². The molecule has 0 spiro atoms. The number of hydrogen-bond acceptors (Lipinski definition) is 5. The van der Waals surface area contributed by atoms with E-state index in [1.165, 1.54) is 5.56 Å². The Morgan fingerprint density at radius 3 is 2.48 bits per heavy atom. The van der Waals surface area contributed by atoms with Gasteiger partial charge in [-0.15, -0.1) is 0 Å². The average Bonchev–Trinajstić information content (AvgIpc) is 3.33. The molecule has 2 fully saturated rings. The molecule has 2 aliphatic rings. The molecule has 4 rings (SSSR count). The predicted molar refractivity (Wildman–Crippen MR) is 120 cm³/mol. The van der Waals surface area contributed by atoms with Crippen molar-refractivity contribution in [2.24, 2.45) is 5.92 Å². The first kappa shape index (κ1) is 21.5. The van der Waals surface area contributed by atoms with Gasteiger partial charge in [0.15, 0.2) is 0 Å². The van der Waals surface area contributed by atoms with Gasteiger partial charge in [0.1, 0.15) is 11.5 Å². The van der Waals surface area contributed by atoms with E-state index in [4.69, 9.17) is 9.47 Å². The van der Waals surface area contributed by atoms with Crippen molar-refractivity contribution in [2.45, 2.75) is 37.9 Å². The van der Waals surface area contributed by atoms with Crippen molar-refractivity contribution in [3.05, 3.63) is 59.7 Å². The zero-order chi connectivity index (χ0) is 21.6. The minimum atomic E-state index is 0.00744. The summed E-state index contributed by atoms with van der Waals surface area (Å²) in [4.78, 5) is 14.5. The van der Waals surface area contributed by atoms with Crippen LogP contribution in [0, 0.1) is 5.92 Å². The van der Waals surface area contributed by atoms with Crippen LogP contribution in [-0.4, -0.2) is 44.3 Å². The van der Waals surface area contributed by atoms with Crippen LogP contribution >= 0.6 is 0 Å². The van der Waals surface area contributed by atoms with Crippen molar-refractivity contribution in [1.29, 1.82) is 0 Å². The standard InChI is InChI=1S/C24H32N4O3/c1-30-20-7-3-5-17(13-20)16-25-24(29)28-11-9-18(10-12-28)22-15-23(27-26-22)19-6-4-8-21(14-19)31-2/h3-8,13-14,18,22-23,26-27H,9-12,15-16H2,1-2H3,(H,25,29). The molecule has 3 N–H and O–H groups in total. The minimum absolute atomic E-state index is 0.00744. The van der Waals surface area contributed by atoms with Gasteiger partial charge in [-0.2, -0.15) is 0 Å². The fourth-order valence-corrected chi connectivity index (χ4v) is 4.54. The molecule has 31 heavy (non-hydrogen) atoms. The van der Waals surface area contributed by atoms with Crippen LogP contribution in [0.4, 0.5) is 4.79 Å². The van der Waals surface area contributed by atoms with Crippen molar-refractivity contribution in [3.8, 4) is 11.5 Å². The topological polar surface area (TPSA) is 74.9 Å². The molecule has 2 unspecified atom stereocenters. The molecule has 2 aromatic carbocycles. The largest absolute Gasteiger partial charge is 0.497 e. The summed E-state index contributed by atoms with van der Waals surface area (Å²) in [7, 11) is 3.35. The lowest BCUT2D eigenvalue weighted by molar-refractivity contribution is 0.158. The number of hydrogen-bond donors (Lipinski definition) is 3. The van der Waals surface area contributed by atoms with Crippen LogP contribution in [0.3, 0.4) is 0 Å². The second kappa shape index (κ2) is 10.0. The monoisotopic (exact) mass is 424 g/mol. The molecule has 7 heteroatoms. The summed E-state index contributed by atoms with van der Waals surface area (Å²) in [5.41, 5.74) is 9.21. The lowest BCUT2D eigenvalue weighted by atomic mass is 9.86. The van der Waals surface area contributed by atoms with Crippen LogP contribution in [0.2, 0.25) is 0 Å². The maximum Gasteiger partial charge on any atom is 0.317 e. The number of benzene rings is 2. The van der Waals surface area contributed by atoms with Gasteiger partial charge in [0.05, 0.1) is 14.2 Å². The van der Waals surface area contributed by atoms with Gasteiger partial charge in [0.25, 0.3) is 0 Å². The Morgan fingerprint density at radius 1 is 1.03 bits per heavy atom. The van der Waals surface area contributed by atoms with Gasteiger partial charge in [-0.1, -0.05) is 24.3 Å². The predicted octanol–water partition coefficient (Wildman–Crippen LogP) is 3.23. The van der Waals surface area contributed by atoms with E-state index in [0.29, 0.717) is 18.5 Å². The summed E-state index contributed by atoms with van der Waals surface area (Å²) in [5, 5.41) is 3.04. The van der Waals surface area contributed by atoms with Crippen molar-refractivity contribution in [3.63, 3.8) is 0 Å². The van der Waals surface area contributed by atoms with E-state index < -0.39 is 0 Å². The number of amides is 2. The Hall–Kier alpha value is -2.77. The first-order chi connectivity index (χ1) is 15.2. The highest BCUT2D eigenvalue weighted by molar-refractivity contribution is 5.74. The molecule has 0 bridgehead atoms. The summed E-state index contributed by atoms with van der Waals surface area (Å²) >= 11 is 0. The molecule has 2 aliphatic heterocycles. The van der Waals surface area contributed by atoms with E-state index in [1.807, 2.05) is 41.3 Å². The summed E-state index contributed by atoms with van der Waals surface area (Å²) in [5.74, 6) is 2.25. The van der Waals surface area contributed by atoms with Crippen LogP contribution in [0.1, 0.15) is 36.4 Å². The number of carbonyl (C=O) groups is 1. The molecule has 0 aliphatic carbocycles. The van der Waals surface area contributed by atoms with Gasteiger partial charge >= 0.3 is 6.03 Å². The van der Waals surface area contributed by atoms with Crippen LogP contribution < -0.4 is 25.6 Å². The molecule has 2 amide bonds. The molecule has 7 nitrogen and oxygen atoms in total. The summed E-state index contributed by atoms with van der Waals surface area (Å²) in [6, 6.07) is 16.7. The van der Waals surface area contributed by atoms with Crippen LogP contribution in [-0.2, 0) is 6.54 Å². The number of methoxy groups -OCH3 is 2. The number of rotatable bonds is 6. The zero-order valence-corrected chi connectivity index (χ0v) is 18.3. The van der Waals surface area contributed by atoms with E-state index >= 15 is 0 Å². The maximum absolute atomic E-state index is 12.6. The number of carbonyl (C=O) groups excluding carboxylic acids is 1. The molecular formula is C24H32N4O3. The quantitative estimate of drug-likeness (QED) is 0.664. The average molecular weight is 425 g/mol. The molecular weight excluding hydrogens is 392 g/mol. The fraction of sp³-hybridized carbons (Fsp3) is 0.458. The molecule has 2 aromatic rings. The van der Waals surface area contributed by atoms with Crippen molar-refractivity contribution < 1.29 is 14.3 Å². The second-order valence-corrected chi connectivity index (χ2v) is 8.29. The summed E-state index contributed by atoms with van der Waals surface area (Å²) in [6.07, 6.45) is 3.06. The Labute approximate surface area is 184 Å². The van der Waals surface area contributed by atoms with E-state index in [1.54, 1.807) is 14.2 Å². The third-order valence-corrected chi connectivity index (χ3v) is 6.40. The number of nitrogens with one attached hydrogen (secondary N) is 3. The smallest absolute Gasteiger partial charge is 0.317 e. The maximum atomic E-state index is 12.6. The third kappa shape index (κ3) is 5.29. The van der Waals surface area contributed by atoms with Crippen molar-refractivity contribution in [1.82, 2.24) is 21.1 Å². The van der Waals surface area contributed by atoms with Gasteiger partial charge in [0.2, 0.25) is 0 Å². The number of nitrogens with zero attached hydrogens (tertiary/aromatic N) is 1. The lowest BCUT2D eigenvalue weighted by Gasteiger charge is -2.34. The van der Waals surface area contributed by atoms with Gasteiger partial charge < -0.3 is 19.7 Å². The van der Waals surface area contributed by atoms with E-state index in [-0.39, 0.29) is 12.1 Å². The number of piperidine rings is 1. The molecule has 0 saturated carbocycles. The van der Waals surface area contributed by atoms with E-state index in [0.717, 1.165) is 49.4 Å². The van der Waals surface area contributed by atoms with E-state index in [2.05, 4.69) is 28.3 Å². The molecule has 2 saturated heterocycles. The zero-order valence-electron chi connectivity index (χ0n) is 18.3. The van der Waals surface area contributed by atoms with Gasteiger partial charge in [-0.25, -0.2) is 4.79 Å². The van der Waals surface area contributed by atoms with Crippen LogP contribution in [0.5, 0.6) is 11.5 Å². The molecule has 2 atom stereocenters. The Kier molecular flexibility index (Phi) is 6.94. The van der Waals surface area contributed by atoms with Crippen LogP contribution in [0.15, 0.2) is 48.5 Å².